The summed E-state index contributed by atoms with van der Waals surface area (Å²) in [7, 11) is 3.26. The summed E-state index contributed by atoms with van der Waals surface area (Å²) in [5.74, 6) is -0.272. The monoisotopic (exact) mass is 254 g/mol. The maximum Gasteiger partial charge on any atom is 0.269 e. The molecule has 0 spiro atoms. The first-order chi connectivity index (χ1) is 8.56. The molecule has 1 aromatic rings. The van der Waals surface area contributed by atoms with Gasteiger partial charge in [0, 0.05) is 26.3 Å². The van der Waals surface area contributed by atoms with Crippen LogP contribution in [0.25, 0.3) is 0 Å². The van der Waals surface area contributed by atoms with Crippen molar-refractivity contribution >= 4 is 11.6 Å². The molecule has 100 valence electrons. The van der Waals surface area contributed by atoms with E-state index >= 15 is 0 Å². The largest absolute Gasteiger partial charge is 0.387 e. The van der Waals surface area contributed by atoms with Crippen LogP contribution in [-0.4, -0.2) is 42.5 Å². The zero-order valence-corrected chi connectivity index (χ0v) is 10.8. The van der Waals surface area contributed by atoms with Gasteiger partial charge in [-0.15, -0.1) is 0 Å². The molecule has 1 atom stereocenters. The Bertz CT molecular complexity index is 458. The smallest absolute Gasteiger partial charge is 0.269 e. The van der Waals surface area contributed by atoms with Crippen molar-refractivity contribution < 1.29 is 9.53 Å². The van der Waals surface area contributed by atoms with E-state index in [1.165, 1.54) is 12.3 Å². The third-order valence-corrected chi connectivity index (χ3v) is 2.28. The van der Waals surface area contributed by atoms with Crippen LogP contribution in [-0.2, 0) is 16.1 Å². The number of anilines is 1. The third kappa shape index (κ3) is 4.17. The molecule has 1 rings (SSSR count). The quantitative estimate of drug-likeness (QED) is 0.710. The van der Waals surface area contributed by atoms with Gasteiger partial charge >= 0.3 is 0 Å². The Balaban J connectivity index is 2.62. The Labute approximate surface area is 105 Å². The molecule has 1 heterocycles. The standard InChI is InChI=1S/C11H18N4O3/c1-8(7-18-3)14-10(16)6-15-11(17)4-9(12-2)5-13-15/h4-5,8,12H,6-7H2,1-3H3,(H,14,16). The summed E-state index contributed by atoms with van der Waals surface area (Å²) >= 11 is 0. The molecule has 2 N–H and O–H groups in total. The molecule has 0 saturated carbocycles. The number of carbonyl (C=O) groups excluding carboxylic acids is 1. The van der Waals surface area contributed by atoms with Crippen molar-refractivity contribution in [2.75, 3.05) is 26.1 Å². The lowest BCUT2D eigenvalue weighted by Crippen LogP contribution is -2.40. The van der Waals surface area contributed by atoms with Crippen molar-refractivity contribution in [2.24, 2.45) is 0 Å². The van der Waals surface area contributed by atoms with E-state index in [-0.39, 0.29) is 24.1 Å². The average Bonchev–Trinajstić information content (AvgIpc) is 2.31. The number of nitrogens with zero attached hydrogens (tertiary/aromatic N) is 2. The number of rotatable bonds is 6. The second kappa shape index (κ2) is 6.75. The predicted octanol–water partition coefficient (Wildman–Crippen LogP) is -0.564. The maximum atomic E-state index is 11.6. The highest BCUT2D eigenvalue weighted by Crippen LogP contribution is 1.96. The van der Waals surface area contributed by atoms with Gasteiger partial charge in [-0.25, -0.2) is 4.68 Å². The van der Waals surface area contributed by atoms with E-state index in [2.05, 4.69) is 15.7 Å². The number of hydrogen-bond acceptors (Lipinski definition) is 5. The maximum absolute atomic E-state index is 11.6. The van der Waals surface area contributed by atoms with Crippen LogP contribution in [0.2, 0.25) is 0 Å². The minimum atomic E-state index is -0.323. The molecule has 7 nitrogen and oxygen atoms in total. The van der Waals surface area contributed by atoms with E-state index in [1.54, 1.807) is 14.2 Å². The summed E-state index contributed by atoms with van der Waals surface area (Å²) < 4.78 is 6.01. The molecule has 0 aromatic carbocycles. The summed E-state index contributed by atoms with van der Waals surface area (Å²) in [6.45, 7) is 2.14. The number of ether oxygens (including phenoxy) is 1. The van der Waals surface area contributed by atoms with Crippen LogP contribution in [0.1, 0.15) is 6.92 Å². The molecule has 0 radical (unpaired) electrons. The van der Waals surface area contributed by atoms with E-state index in [9.17, 15) is 9.59 Å². The van der Waals surface area contributed by atoms with Crippen molar-refractivity contribution in [1.29, 1.82) is 0 Å². The van der Waals surface area contributed by atoms with Gasteiger partial charge in [0.15, 0.2) is 0 Å². The lowest BCUT2D eigenvalue weighted by molar-refractivity contribution is -0.122. The minimum absolute atomic E-state index is 0.100. The summed E-state index contributed by atoms with van der Waals surface area (Å²) in [4.78, 5) is 23.2. The lowest BCUT2D eigenvalue weighted by Gasteiger charge is -2.13. The van der Waals surface area contributed by atoms with Gasteiger partial charge in [0.25, 0.3) is 5.56 Å². The molecule has 1 amide bonds. The molecule has 0 fully saturated rings. The van der Waals surface area contributed by atoms with Gasteiger partial charge in [-0.3, -0.25) is 9.59 Å². The highest BCUT2D eigenvalue weighted by molar-refractivity contribution is 5.75. The fourth-order valence-electron chi connectivity index (χ4n) is 1.44. The number of carbonyl (C=O) groups is 1. The van der Waals surface area contributed by atoms with E-state index in [0.717, 1.165) is 4.68 Å². The number of nitrogens with one attached hydrogen (secondary N) is 2. The van der Waals surface area contributed by atoms with Gasteiger partial charge in [0.2, 0.25) is 5.91 Å². The number of hydrogen-bond donors (Lipinski definition) is 2. The summed E-state index contributed by atoms with van der Waals surface area (Å²) in [6.07, 6.45) is 1.49. The molecule has 18 heavy (non-hydrogen) atoms. The molecular formula is C11H18N4O3. The van der Waals surface area contributed by atoms with Crippen molar-refractivity contribution in [1.82, 2.24) is 15.1 Å². The van der Waals surface area contributed by atoms with E-state index in [1.807, 2.05) is 6.92 Å². The fraction of sp³-hybridized carbons (Fsp3) is 0.545. The summed E-state index contributed by atoms with van der Waals surface area (Å²) in [5.41, 5.74) is 0.292. The average molecular weight is 254 g/mol. The number of amides is 1. The van der Waals surface area contributed by atoms with Gasteiger partial charge in [0.05, 0.1) is 18.5 Å². The normalized spacial score (nSPS) is 11.9. The van der Waals surface area contributed by atoms with Crippen LogP contribution in [0.15, 0.2) is 17.1 Å². The number of aromatic nitrogens is 2. The molecule has 1 unspecified atom stereocenters. The Morgan fingerprint density at radius 2 is 2.33 bits per heavy atom. The van der Waals surface area contributed by atoms with Crippen LogP contribution < -0.4 is 16.2 Å². The van der Waals surface area contributed by atoms with E-state index in [4.69, 9.17) is 4.74 Å². The zero-order chi connectivity index (χ0) is 13.5. The minimum Gasteiger partial charge on any atom is -0.387 e. The fourth-order valence-corrected chi connectivity index (χ4v) is 1.44. The highest BCUT2D eigenvalue weighted by atomic mass is 16.5. The predicted molar refractivity (Wildman–Crippen MR) is 67.5 cm³/mol. The van der Waals surface area contributed by atoms with E-state index in [0.29, 0.717) is 12.3 Å². The van der Waals surface area contributed by atoms with Crippen LogP contribution in [0, 0.1) is 0 Å². The summed E-state index contributed by atoms with van der Waals surface area (Å²) in [6, 6.07) is 1.29. The van der Waals surface area contributed by atoms with Crippen LogP contribution in [0.3, 0.4) is 0 Å². The molecule has 1 aromatic heterocycles. The van der Waals surface area contributed by atoms with Crippen molar-refractivity contribution in [2.45, 2.75) is 19.5 Å². The Morgan fingerprint density at radius 1 is 1.61 bits per heavy atom. The SMILES string of the molecule is CNc1cnn(CC(=O)NC(C)COC)c(=O)c1. The Hall–Kier alpha value is -1.89. The van der Waals surface area contributed by atoms with Crippen molar-refractivity contribution in [3.63, 3.8) is 0 Å². The second-order valence-electron chi connectivity index (χ2n) is 3.91. The van der Waals surface area contributed by atoms with Gasteiger partial charge in [-0.2, -0.15) is 5.10 Å². The molecule has 7 heteroatoms. The first-order valence-corrected chi connectivity index (χ1v) is 5.60. The number of methoxy groups -OCH3 is 1. The van der Waals surface area contributed by atoms with Crippen LogP contribution in [0.4, 0.5) is 5.69 Å². The molecule has 0 saturated heterocycles. The molecule has 0 aliphatic carbocycles. The van der Waals surface area contributed by atoms with E-state index < -0.39 is 0 Å². The highest BCUT2D eigenvalue weighted by Gasteiger charge is 2.09. The summed E-state index contributed by atoms with van der Waals surface area (Å²) in [5, 5.41) is 9.40. The van der Waals surface area contributed by atoms with Crippen molar-refractivity contribution in [3.05, 3.63) is 22.6 Å². The van der Waals surface area contributed by atoms with Crippen LogP contribution in [0.5, 0.6) is 0 Å². The third-order valence-electron chi connectivity index (χ3n) is 2.28. The Morgan fingerprint density at radius 3 is 2.89 bits per heavy atom. The van der Waals surface area contributed by atoms with Crippen LogP contribution >= 0.6 is 0 Å². The molecule has 0 aliphatic heterocycles. The zero-order valence-electron chi connectivity index (χ0n) is 10.8. The van der Waals surface area contributed by atoms with Gasteiger partial charge in [-0.1, -0.05) is 0 Å². The molecule has 0 aliphatic rings. The van der Waals surface area contributed by atoms with Crippen molar-refractivity contribution in [3.8, 4) is 0 Å². The first-order valence-electron chi connectivity index (χ1n) is 5.60. The molecule has 0 bridgehead atoms. The van der Waals surface area contributed by atoms with Gasteiger partial charge in [0.1, 0.15) is 6.54 Å². The van der Waals surface area contributed by atoms with Gasteiger partial charge < -0.3 is 15.4 Å². The van der Waals surface area contributed by atoms with Gasteiger partial charge in [-0.05, 0) is 6.92 Å². The second-order valence-corrected chi connectivity index (χ2v) is 3.91. The Kier molecular flexibility index (Phi) is 5.31. The molecular weight excluding hydrogens is 236 g/mol. The first kappa shape index (κ1) is 14.2. The lowest BCUT2D eigenvalue weighted by atomic mass is 10.3. The topological polar surface area (TPSA) is 85.2 Å².